The Hall–Kier alpha value is -2.70. The molecule has 112 valence electrons. The van der Waals surface area contributed by atoms with Crippen molar-refractivity contribution in [1.82, 2.24) is 5.32 Å². The fourth-order valence-electron chi connectivity index (χ4n) is 1.40. The first-order valence-electron chi connectivity index (χ1n) is 6.46. The summed E-state index contributed by atoms with van der Waals surface area (Å²) in [5.74, 6) is -0.232. The van der Waals surface area contributed by atoms with E-state index in [4.69, 9.17) is 0 Å². The number of oxime groups is 2. The molecule has 0 saturated heterocycles. The molecule has 0 bridgehead atoms. The number of hydrogen-bond acceptors (Lipinski definition) is 6. The molecule has 0 radical (unpaired) electrons. The van der Waals surface area contributed by atoms with E-state index in [2.05, 4.69) is 37.4 Å². The summed E-state index contributed by atoms with van der Waals surface area (Å²) in [5.41, 5.74) is 1.88. The molecule has 0 unspecified atom stereocenters. The molecule has 0 spiro atoms. The Kier molecular flexibility index (Phi) is 7.20. The van der Waals surface area contributed by atoms with Gasteiger partial charge >= 0.3 is 0 Å². The normalized spacial score (nSPS) is 11.4. The number of benzene rings is 1. The molecule has 0 aromatic heterocycles. The van der Waals surface area contributed by atoms with Gasteiger partial charge in [0.1, 0.15) is 6.34 Å². The van der Waals surface area contributed by atoms with Crippen molar-refractivity contribution in [3.8, 4) is 0 Å². The van der Waals surface area contributed by atoms with Crippen LogP contribution in [-0.4, -0.2) is 38.3 Å². The lowest BCUT2D eigenvalue weighted by molar-refractivity contribution is -0.117. The number of rotatable bonds is 7. The van der Waals surface area contributed by atoms with E-state index in [1.807, 2.05) is 31.3 Å². The van der Waals surface area contributed by atoms with Gasteiger partial charge in [0.2, 0.25) is 5.91 Å². The van der Waals surface area contributed by atoms with Gasteiger partial charge in [-0.1, -0.05) is 17.3 Å². The van der Waals surface area contributed by atoms with Gasteiger partial charge in [0.15, 0.2) is 0 Å². The molecule has 1 aromatic rings. The van der Waals surface area contributed by atoms with Crippen LogP contribution in [-0.2, 0) is 9.73 Å². The number of carbonyl (C=O) groups excluding carboxylic acids is 1. The molecule has 0 aliphatic carbocycles. The Balaban J connectivity index is 2.54. The minimum absolute atomic E-state index is 0.232. The summed E-state index contributed by atoms with van der Waals surface area (Å²) in [6.45, 7) is 4.33. The average molecular weight is 289 g/mol. The number of amides is 1. The lowest BCUT2D eigenvalue weighted by Gasteiger charge is -2.18. The van der Waals surface area contributed by atoms with Gasteiger partial charge in [0.25, 0.3) is 0 Å². The van der Waals surface area contributed by atoms with Gasteiger partial charge in [0.05, 0.1) is 17.6 Å². The van der Waals surface area contributed by atoms with Crippen LogP contribution in [0.2, 0.25) is 0 Å². The quantitative estimate of drug-likeness (QED) is 0.473. The smallest absolute Gasteiger partial charge is 0.222 e. The molecule has 1 amide bonds. The van der Waals surface area contributed by atoms with Crippen LogP contribution in [0.1, 0.15) is 13.8 Å². The summed E-state index contributed by atoms with van der Waals surface area (Å²) in [5, 5.41) is 9.25. The summed E-state index contributed by atoms with van der Waals surface area (Å²) in [4.78, 5) is 21.5. The predicted octanol–water partition coefficient (Wildman–Crippen LogP) is 1.93. The highest BCUT2D eigenvalue weighted by atomic mass is 16.8. The first kappa shape index (κ1) is 16.4. The number of hydrogen-bond donors (Lipinski definition) is 1. The number of nitrogens with zero attached hydrogens (tertiary/aromatic N) is 4. The molecular weight excluding hydrogens is 270 g/mol. The maximum absolute atomic E-state index is 10.5. The highest BCUT2D eigenvalue weighted by molar-refractivity contribution is 6.16. The second kappa shape index (κ2) is 9.24. The monoisotopic (exact) mass is 289 g/mol. The van der Waals surface area contributed by atoms with Crippen molar-refractivity contribution in [2.45, 2.75) is 13.8 Å². The fourth-order valence-corrected chi connectivity index (χ4v) is 1.40. The lowest BCUT2D eigenvalue weighted by atomic mass is 10.2. The molecule has 1 N–H and O–H groups in total. The number of aliphatic imine (C=N–C) groups is 1. The van der Waals surface area contributed by atoms with Crippen LogP contribution in [0.25, 0.3) is 0 Å². The van der Waals surface area contributed by atoms with Gasteiger partial charge < -0.3 is 10.2 Å². The van der Waals surface area contributed by atoms with E-state index < -0.39 is 0 Å². The standard InChI is InChI=1S/C14H19N5O2/c1-4-19(3)14-8-6-5-7-13(14)15-9-10-17-21-18-11-16-12(2)20/h5-11H,4H2,1-3H3,(H,16,18,20)/b15-9?,17-10+. The Bertz CT molecular complexity index is 540. The zero-order chi connectivity index (χ0) is 15.5. The zero-order valence-electron chi connectivity index (χ0n) is 12.4. The molecule has 0 aliphatic rings. The molecule has 21 heavy (non-hydrogen) atoms. The summed E-state index contributed by atoms with van der Waals surface area (Å²) < 4.78 is 0. The van der Waals surface area contributed by atoms with E-state index >= 15 is 0 Å². The molecule has 1 aromatic carbocycles. The Labute approximate surface area is 124 Å². The van der Waals surface area contributed by atoms with Gasteiger partial charge in [-0.05, 0) is 24.2 Å². The molecule has 0 saturated carbocycles. The second-order valence-corrected chi connectivity index (χ2v) is 4.05. The number of nitrogens with one attached hydrogen (secondary N) is 1. The van der Waals surface area contributed by atoms with Gasteiger partial charge in [0, 0.05) is 26.7 Å². The summed E-state index contributed by atoms with van der Waals surface area (Å²) in [6, 6.07) is 7.81. The van der Waals surface area contributed by atoms with Crippen molar-refractivity contribution in [3.63, 3.8) is 0 Å². The maximum Gasteiger partial charge on any atom is 0.222 e. The predicted molar refractivity (Wildman–Crippen MR) is 85.4 cm³/mol. The van der Waals surface area contributed by atoms with Crippen molar-refractivity contribution in [3.05, 3.63) is 24.3 Å². The van der Waals surface area contributed by atoms with Crippen molar-refractivity contribution in [2.75, 3.05) is 18.5 Å². The molecule has 0 aliphatic heterocycles. The molecule has 0 heterocycles. The van der Waals surface area contributed by atoms with E-state index in [9.17, 15) is 4.79 Å². The van der Waals surface area contributed by atoms with Gasteiger partial charge in [-0.15, -0.1) is 0 Å². The highest BCUT2D eigenvalue weighted by Gasteiger charge is 2.02. The number of para-hydroxylation sites is 2. The van der Waals surface area contributed by atoms with Crippen LogP contribution in [0.5, 0.6) is 0 Å². The molecule has 0 atom stereocenters. The minimum atomic E-state index is -0.232. The van der Waals surface area contributed by atoms with Crippen LogP contribution >= 0.6 is 0 Å². The third-order valence-corrected chi connectivity index (χ3v) is 2.52. The average Bonchev–Trinajstić information content (AvgIpc) is 2.49. The lowest BCUT2D eigenvalue weighted by Crippen LogP contribution is -2.16. The van der Waals surface area contributed by atoms with Crippen molar-refractivity contribution >= 4 is 36.0 Å². The summed E-state index contributed by atoms with van der Waals surface area (Å²) in [7, 11) is 2.00. The first-order valence-corrected chi connectivity index (χ1v) is 6.46. The Morgan fingerprint density at radius 2 is 2.10 bits per heavy atom. The zero-order valence-corrected chi connectivity index (χ0v) is 12.4. The van der Waals surface area contributed by atoms with Crippen LogP contribution in [0.4, 0.5) is 11.4 Å². The molecule has 7 nitrogen and oxygen atoms in total. The van der Waals surface area contributed by atoms with Crippen LogP contribution in [0.3, 0.4) is 0 Å². The number of anilines is 1. The summed E-state index contributed by atoms with van der Waals surface area (Å²) >= 11 is 0. The maximum atomic E-state index is 10.5. The van der Waals surface area contributed by atoms with E-state index in [0.717, 1.165) is 24.3 Å². The van der Waals surface area contributed by atoms with Crippen molar-refractivity contribution in [2.24, 2.45) is 15.3 Å². The summed E-state index contributed by atoms with van der Waals surface area (Å²) in [6.07, 6.45) is 3.99. The Morgan fingerprint density at radius 1 is 1.33 bits per heavy atom. The van der Waals surface area contributed by atoms with Crippen LogP contribution < -0.4 is 10.2 Å². The third kappa shape index (κ3) is 6.33. The third-order valence-electron chi connectivity index (χ3n) is 2.52. The SMILES string of the molecule is CCN(C)c1ccccc1N=C/C=N/O/N=C/NC(C)=O. The van der Waals surface area contributed by atoms with Gasteiger partial charge in [-0.2, -0.15) is 0 Å². The van der Waals surface area contributed by atoms with E-state index in [1.54, 1.807) is 0 Å². The van der Waals surface area contributed by atoms with E-state index in [1.165, 1.54) is 19.4 Å². The highest BCUT2D eigenvalue weighted by Crippen LogP contribution is 2.26. The minimum Gasteiger partial charge on any atom is -0.373 e. The number of carbonyl (C=O) groups is 1. The topological polar surface area (TPSA) is 78.7 Å². The molecule has 1 rings (SSSR count). The van der Waals surface area contributed by atoms with E-state index in [-0.39, 0.29) is 5.91 Å². The van der Waals surface area contributed by atoms with E-state index in [0.29, 0.717) is 0 Å². The van der Waals surface area contributed by atoms with Crippen molar-refractivity contribution < 1.29 is 9.73 Å². The first-order chi connectivity index (χ1) is 10.1. The largest absolute Gasteiger partial charge is 0.373 e. The molecular formula is C14H19N5O2. The van der Waals surface area contributed by atoms with Gasteiger partial charge in [-0.25, -0.2) is 4.94 Å². The Morgan fingerprint density at radius 3 is 2.81 bits per heavy atom. The second-order valence-electron chi connectivity index (χ2n) is 4.05. The van der Waals surface area contributed by atoms with Crippen LogP contribution in [0.15, 0.2) is 39.6 Å². The van der Waals surface area contributed by atoms with Crippen molar-refractivity contribution in [1.29, 1.82) is 0 Å². The fraction of sp³-hybridized carbons (Fsp3) is 0.286. The molecule has 7 heteroatoms. The molecule has 0 fully saturated rings. The van der Waals surface area contributed by atoms with Crippen LogP contribution in [0, 0.1) is 0 Å². The van der Waals surface area contributed by atoms with Gasteiger partial charge in [-0.3, -0.25) is 9.79 Å².